The summed E-state index contributed by atoms with van der Waals surface area (Å²) in [6, 6.07) is 16.7. The van der Waals surface area contributed by atoms with Crippen LogP contribution in [0.5, 0.6) is 11.5 Å². The molecular weight excluding hydrogens is 468 g/mol. The topological polar surface area (TPSA) is 70.1 Å². The molecule has 0 amide bonds. The van der Waals surface area contributed by atoms with Crippen molar-refractivity contribution in [2.75, 3.05) is 30.5 Å². The molecule has 1 aliphatic rings. The number of sulfonamides is 1. The van der Waals surface area contributed by atoms with E-state index in [0.29, 0.717) is 27.9 Å². The summed E-state index contributed by atoms with van der Waals surface area (Å²) in [5.41, 5.74) is 1.17. The average molecular weight is 493 g/mol. The molecule has 1 fully saturated rings. The smallest absolute Gasteiger partial charge is 0.274 e. The second-order valence-electron chi connectivity index (χ2n) is 7.63. The van der Waals surface area contributed by atoms with E-state index in [0.717, 1.165) is 31.0 Å². The third-order valence-electron chi connectivity index (χ3n) is 5.33. The third-order valence-corrected chi connectivity index (χ3v) is 8.80. The molecular formula is C23H25ClN2O4S2. The Hall–Kier alpha value is -2.26. The van der Waals surface area contributed by atoms with Gasteiger partial charge in [-0.25, -0.2) is 8.42 Å². The van der Waals surface area contributed by atoms with Crippen molar-refractivity contribution < 1.29 is 18.3 Å². The Balaban J connectivity index is 1.55. The number of likely N-dealkylation sites (tertiary alicyclic amines) is 1. The van der Waals surface area contributed by atoms with E-state index in [1.807, 2.05) is 0 Å². The quantitative estimate of drug-likeness (QED) is 0.456. The van der Waals surface area contributed by atoms with E-state index in [2.05, 4.69) is 4.90 Å². The van der Waals surface area contributed by atoms with Crippen LogP contribution >= 0.6 is 22.9 Å². The van der Waals surface area contributed by atoms with Gasteiger partial charge >= 0.3 is 0 Å². The lowest BCUT2D eigenvalue weighted by molar-refractivity contribution is 0.238. The first-order valence-electron chi connectivity index (χ1n) is 10.4. The molecule has 2 aromatic carbocycles. The number of nitrogens with zero attached hydrogens (tertiary/aromatic N) is 2. The number of thiophene rings is 1. The van der Waals surface area contributed by atoms with Gasteiger partial charge in [0, 0.05) is 6.54 Å². The summed E-state index contributed by atoms with van der Waals surface area (Å²) in [5, 5.41) is 9.81. The van der Waals surface area contributed by atoms with Crippen LogP contribution < -0.4 is 9.04 Å². The minimum Gasteiger partial charge on any atom is -0.508 e. The fraction of sp³-hybridized carbons (Fsp3) is 0.304. The number of aromatic hydroxyl groups is 1. The van der Waals surface area contributed by atoms with Crippen LogP contribution in [0.2, 0.25) is 4.34 Å². The van der Waals surface area contributed by atoms with Crippen LogP contribution in [0.25, 0.3) is 0 Å². The van der Waals surface area contributed by atoms with E-state index in [4.69, 9.17) is 16.3 Å². The lowest BCUT2D eigenvalue weighted by Gasteiger charge is -2.24. The Labute approximate surface area is 197 Å². The van der Waals surface area contributed by atoms with Crippen molar-refractivity contribution in [1.82, 2.24) is 4.90 Å². The molecule has 32 heavy (non-hydrogen) atoms. The third kappa shape index (κ3) is 5.56. The molecule has 0 spiro atoms. The summed E-state index contributed by atoms with van der Waals surface area (Å²) in [4.78, 5) is 2.38. The molecule has 3 aromatic rings. The predicted molar refractivity (Wildman–Crippen MR) is 128 cm³/mol. The van der Waals surface area contributed by atoms with Gasteiger partial charge in [-0.15, -0.1) is 11.3 Å². The van der Waals surface area contributed by atoms with Crippen LogP contribution in [-0.4, -0.2) is 44.7 Å². The molecule has 0 bridgehead atoms. The van der Waals surface area contributed by atoms with Gasteiger partial charge in [-0.3, -0.25) is 9.21 Å². The zero-order valence-electron chi connectivity index (χ0n) is 17.5. The number of anilines is 1. The lowest BCUT2D eigenvalue weighted by Crippen LogP contribution is -2.30. The molecule has 170 valence electrons. The Morgan fingerprint density at radius 2 is 1.81 bits per heavy atom. The molecule has 2 heterocycles. The van der Waals surface area contributed by atoms with Crippen LogP contribution in [-0.2, 0) is 16.6 Å². The Kier molecular flexibility index (Phi) is 7.25. The number of ether oxygens (including phenoxy) is 1. The molecule has 0 aliphatic carbocycles. The van der Waals surface area contributed by atoms with Crippen molar-refractivity contribution >= 4 is 38.6 Å². The van der Waals surface area contributed by atoms with Gasteiger partial charge < -0.3 is 9.84 Å². The maximum atomic E-state index is 13.4. The van der Waals surface area contributed by atoms with Gasteiger partial charge in [0.05, 0.1) is 16.6 Å². The number of hydrogen-bond donors (Lipinski definition) is 1. The number of hydrogen-bond acceptors (Lipinski definition) is 6. The minimum atomic E-state index is -3.85. The fourth-order valence-corrected chi connectivity index (χ4v) is 6.74. The molecule has 0 unspecified atom stereocenters. The lowest BCUT2D eigenvalue weighted by atomic mass is 10.2. The largest absolute Gasteiger partial charge is 0.508 e. The first-order chi connectivity index (χ1) is 15.4. The highest BCUT2D eigenvalue weighted by molar-refractivity contribution is 7.94. The molecule has 4 rings (SSSR count). The summed E-state index contributed by atoms with van der Waals surface area (Å²) in [7, 11) is -3.85. The minimum absolute atomic E-state index is 0.0708. The highest BCUT2D eigenvalue weighted by atomic mass is 35.5. The first kappa shape index (κ1) is 22.9. The SMILES string of the molecule is O=S(=O)(c1ccc(Cl)s1)N(Cc1cccc(O)c1)c1ccc(OCCN2CCCC2)cc1. The first-order valence-corrected chi connectivity index (χ1v) is 13.1. The van der Waals surface area contributed by atoms with Crippen molar-refractivity contribution in [2.45, 2.75) is 23.6 Å². The zero-order valence-corrected chi connectivity index (χ0v) is 19.9. The summed E-state index contributed by atoms with van der Waals surface area (Å²) in [6.07, 6.45) is 2.49. The van der Waals surface area contributed by atoms with Gasteiger partial charge in [-0.2, -0.15) is 0 Å². The zero-order chi connectivity index (χ0) is 22.6. The van der Waals surface area contributed by atoms with E-state index in [9.17, 15) is 13.5 Å². The van der Waals surface area contributed by atoms with Gasteiger partial charge in [-0.1, -0.05) is 23.7 Å². The second kappa shape index (κ2) is 10.1. The summed E-state index contributed by atoms with van der Waals surface area (Å²) >= 11 is 7.01. The van der Waals surface area contributed by atoms with Crippen molar-refractivity contribution in [3.63, 3.8) is 0 Å². The van der Waals surface area contributed by atoms with Crippen LogP contribution in [0.4, 0.5) is 5.69 Å². The van der Waals surface area contributed by atoms with E-state index in [1.54, 1.807) is 54.6 Å². The Morgan fingerprint density at radius 1 is 1.06 bits per heavy atom. The predicted octanol–water partition coefficient (Wildman–Crippen LogP) is 4.98. The molecule has 0 saturated carbocycles. The van der Waals surface area contributed by atoms with Gasteiger partial charge in [-0.05, 0) is 80.0 Å². The number of phenols is 1. The van der Waals surface area contributed by atoms with Crippen LogP contribution in [0, 0.1) is 0 Å². The summed E-state index contributed by atoms with van der Waals surface area (Å²) < 4.78 is 34.6. The normalized spacial score (nSPS) is 14.5. The Morgan fingerprint density at radius 3 is 2.47 bits per heavy atom. The van der Waals surface area contributed by atoms with Crippen LogP contribution in [0.1, 0.15) is 18.4 Å². The molecule has 1 aliphatic heterocycles. The average Bonchev–Trinajstić information content (AvgIpc) is 3.45. The van der Waals surface area contributed by atoms with Crippen molar-refractivity contribution in [3.05, 3.63) is 70.6 Å². The van der Waals surface area contributed by atoms with E-state index in [1.165, 1.54) is 23.2 Å². The number of rotatable bonds is 9. The molecule has 1 saturated heterocycles. The molecule has 1 aromatic heterocycles. The molecule has 6 nitrogen and oxygen atoms in total. The van der Waals surface area contributed by atoms with Gasteiger partial charge in [0.1, 0.15) is 22.3 Å². The van der Waals surface area contributed by atoms with Gasteiger partial charge in [0.2, 0.25) is 0 Å². The van der Waals surface area contributed by atoms with Gasteiger partial charge in [0.15, 0.2) is 0 Å². The van der Waals surface area contributed by atoms with E-state index >= 15 is 0 Å². The van der Waals surface area contributed by atoms with Crippen molar-refractivity contribution in [1.29, 1.82) is 0 Å². The van der Waals surface area contributed by atoms with Crippen LogP contribution in [0.3, 0.4) is 0 Å². The van der Waals surface area contributed by atoms with E-state index < -0.39 is 10.0 Å². The molecule has 0 atom stereocenters. The van der Waals surface area contributed by atoms with Gasteiger partial charge in [0.25, 0.3) is 10.0 Å². The number of phenolic OH excluding ortho intramolecular Hbond substituents is 1. The standard InChI is InChI=1S/C23H25ClN2O4S2/c24-22-10-11-23(31-22)32(28,29)26(17-18-4-3-5-20(27)16-18)19-6-8-21(9-7-19)30-15-14-25-12-1-2-13-25/h3-11,16,27H,1-2,12-15,17H2. The van der Waals surface area contributed by atoms with E-state index in [-0.39, 0.29) is 16.5 Å². The monoisotopic (exact) mass is 492 g/mol. The molecule has 9 heteroatoms. The van der Waals surface area contributed by atoms with Crippen molar-refractivity contribution in [2.24, 2.45) is 0 Å². The summed E-state index contributed by atoms with van der Waals surface area (Å²) in [6.45, 7) is 3.80. The maximum absolute atomic E-state index is 13.4. The molecule has 0 radical (unpaired) electrons. The fourth-order valence-electron chi connectivity index (χ4n) is 3.69. The van der Waals surface area contributed by atoms with Crippen LogP contribution in [0.15, 0.2) is 64.9 Å². The molecule has 1 N–H and O–H groups in total. The number of halogens is 1. The number of benzene rings is 2. The second-order valence-corrected chi connectivity index (χ2v) is 11.4. The summed E-state index contributed by atoms with van der Waals surface area (Å²) in [5.74, 6) is 0.780. The highest BCUT2D eigenvalue weighted by Crippen LogP contribution is 2.33. The van der Waals surface area contributed by atoms with Crippen molar-refractivity contribution in [3.8, 4) is 11.5 Å². The maximum Gasteiger partial charge on any atom is 0.274 e. The Bertz CT molecular complexity index is 1140. The highest BCUT2D eigenvalue weighted by Gasteiger charge is 2.27.